The molecule has 0 aliphatic carbocycles. The molecule has 0 atom stereocenters. The Balaban J connectivity index is 0. The van der Waals surface area contributed by atoms with Crippen molar-refractivity contribution in [3.05, 3.63) is 87.9 Å². The van der Waals surface area contributed by atoms with Gasteiger partial charge in [-0.05, 0) is 70.5 Å². The maximum Gasteiger partial charge on any atom is 0.275 e. The number of allylic oxidation sites excluding steroid dienone is 3. The summed E-state index contributed by atoms with van der Waals surface area (Å²) in [5.41, 5.74) is 6.95. The van der Waals surface area contributed by atoms with Gasteiger partial charge in [0, 0.05) is 31.6 Å². The molecule has 0 saturated heterocycles. The van der Waals surface area contributed by atoms with Gasteiger partial charge in [0.05, 0.1) is 5.83 Å². The van der Waals surface area contributed by atoms with Crippen molar-refractivity contribution < 1.29 is 18.4 Å². The van der Waals surface area contributed by atoms with Crippen LogP contribution in [0.1, 0.15) is 79.0 Å². The third-order valence-corrected chi connectivity index (χ3v) is 5.60. The second kappa shape index (κ2) is 23.1. The first-order valence-corrected chi connectivity index (χ1v) is 14.1. The Kier molecular flexibility index (Phi) is 22.3. The standard InChI is InChI=1S/C26H34FN3O3.C3H5F.C2H6.CH5N/c1-5-9-24(31)28-23-15-14-22(16-19(6-2)7-3)30(26(23)33)18-25(32)29(8-4)17-20-10-12-21(27)13-11-20;1-3(2)4;2*1-2/h6,10-15H,5,7-9,16-18H2,1-4H3,(H,28,31);1H2,2H3;1-2H3;2H2,1H3/b19-6+;;;. The van der Waals surface area contributed by atoms with E-state index in [2.05, 4.69) is 17.6 Å². The van der Waals surface area contributed by atoms with E-state index in [1.54, 1.807) is 29.2 Å². The minimum atomic E-state index is -0.394. The SMILES string of the molecule is C/C=C(\CC)Cc1ccc(NC(=O)CCC)c(=O)n1CC(=O)N(CC)Cc1ccc(F)cc1.C=C(C)F.CC.CN. The lowest BCUT2D eigenvalue weighted by atomic mass is 10.1. The summed E-state index contributed by atoms with van der Waals surface area (Å²) in [6, 6.07) is 9.43. The third-order valence-electron chi connectivity index (χ3n) is 5.60. The number of likely N-dealkylation sites (N-methyl/N-ethyl adjacent to an activating group) is 1. The van der Waals surface area contributed by atoms with E-state index in [0.717, 1.165) is 23.3 Å². The molecule has 0 radical (unpaired) electrons. The Morgan fingerprint density at radius 2 is 1.63 bits per heavy atom. The van der Waals surface area contributed by atoms with Crippen molar-refractivity contribution in [3.8, 4) is 0 Å². The number of carbonyl (C=O) groups excluding carboxylic acids is 2. The Bertz CT molecular complexity index is 1140. The van der Waals surface area contributed by atoms with Gasteiger partial charge in [-0.15, -0.1) is 0 Å². The van der Waals surface area contributed by atoms with Gasteiger partial charge < -0.3 is 20.5 Å². The third kappa shape index (κ3) is 15.7. The lowest BCUT2D eigenvalue weighted by Gasteiger charge is -2.23. The van der Waals surface area contributed by atoms with Gasteiger partial charge in [-0.3, -0.25) is 14.4 Å². The summed E-state index contributed by atoms with van der Waals surface area (Å²) in [6.45, 7) is 16.6. The number of halogens is 2. The van der Waals surface area contributed by atoms with Crippen LogP contribution in [0.15, 0.2) is 65.2 Å². The molecule has 0 aliphatic heterocycles. The molecule has 0 aliphatic rings. The van der Waals surface area contributed by atoms with Gasteiger partial charge in [0.25, 0.3) is 5.56 Å². The molecule has 0 saturated carbocycles. The summed E-state index contributed by atoms with van der Waals surface area (Å²) in [7, 11) is 1.50. The van der Waals surface area contributed by atoms with Crippen LogP contribution in [0.5, 0.6) is 0 Å². The summed E-state index contributed by atoms with van der Waals surface area (Å²) in [5.74, 6) is -1.11. The number of amides is 2. The molecule has 41 heavy (non-hydrogen) atoms. The topological polar surface area (TPSA) is 97.4 Å². The Hall–Kier alpha value is -3.59. The normalized spacial score (nSPS) is 10.1. The Morgan fingerprint density at radius 1 is 1.07 bits per heavy atom. The quantitative estimate of drug-likeness (QED) is 0.289. The highest BCUT2D eigenvalue weighted by atomic mass is 19.1. The van der Waals surface area contributed by atoms with Crippen LogP contribution in [0, 0.1) is 5.82 Å². The molecule has 9 heteroatoms. The van der Waals surface area contributed by atoms with Crippen molar-refractivity contribution in [1.29, 1.82) is 0 Å². The molecule has 2 aromatic rings. The minimum Gasteiger partial charge on any atom is -0.337 e. The van der Waals surface area contributed by atoms with Crippen LogP contribution in [-0.2, 0) is 29.1 Å². The number of nitrogens with one attached hydrogen (secondary N) is 1. The van der Waals surface area contributed by atoms with Gasteiger partial charge in [-0.2, -0.15) is 0 Å². The van der Waals surface area contributed by atoms with E-state index in [-0.39, 0.29) is 35.7 Å². The summed E-state index contributed by atoms with van der Waals surface area (Å²) in [5, 5.41) is 2.67. The number of aromatic nitrogens is 1. The first kappa shape index (κ1) is 39.6. The van der Waals surface area contributed by atoms with Gasteiger partial charge >= 0.3 is 0 Å². The van der Waals surface area contributed by atoms with Crippen molar-refractivity contribution in [2.75, 3.05) is 18.9 Å². The number of rotatable bonds is 11. The lowest BCUT2D eigenvalue weighted by Crippen LogP contribution is -2.38. The zero-order valence-electron chi connectivity index (χ0n) is 26.2. The fourth-order valence-electron chi connectivity index (χ4n) is 3.56. The van der Waals surface area contributed by atoms with Gasteiger partial charge in [0.2, 0.25) is 11.8 Å². The number of benzene rings is 1. The van der Waals surface area contributed by atoms with E-state index in [1.807, 2.05) is 47.6 Å². The van der Waals surface area contributed by atoms with Crippen molar-refractivity contribution in [2.45, 2.75) is 87.2 Å². The van der Waals surface area contributed by atoms with E-state index < -0.39 is 5.56 Å². The number of anilines is 1. The molecule has 230 valence electrons. The maximum absolute atomic E-state index is 13.2. The van der Waals surface area contributed by atoms with Gasteiger partial charge in [0.15, 0.2) is 0 Å². The number of nitrogens with two attached hydrogens (primary N) is 1. The van der Waals surface area contributed by atoms with Crippen LogP contribution in [0.25, 0.3) is 0 Å². The monoisotopic (exact) mass is 576 g/mol. The molecule has 0 fully saturated rings. The van der Waals surface area contributed by atoms with E-state index >= 15 is 0 Å². The summed E-state index contributed by atoms with van der Waals surface area (Å²) in [6.07, 6.45) is 4.38. The highest BCUT2D eigenvalue weighted by Crippen LogP contribution is 2.14. The lowest BCUT2D eigenvalue weighted by molar-refractivity contribution is -0.132. The smallest absolute Gasteiger partial charge is 0.275 e. The minimum absolute atomic E-state index is 0.138. The first-order chi connectivity index (χ1) is 19.6. The molecule has 3 N–H and O–H groups in total. The molecule has 1 aromatic heterocycles. The molecular formula is C32H50F2N4O3. The molecule has 0 bridgehead atoms. The number of hydrogen-bond donors (Lipinski definition) is 2. The van der Waals surface area contributed by atoms with E-state index in [0.29, 0.717) is 32.4 Å². The molecule has 0 unspecified atom stereocenters. The molecule has 1 aromatic carbocycles. The average Bonchev–Trinajstić information content (AvgIpc) is 2.96. The number of carbonyl (C=O) groups is 2. The average molecular weight is 577 g/mol. The highest BCUT2D eigenvalue weighted by Gasteiger charge is 2.18. The molecular weight excluding hydrogens is 526 g/mol. The highest BCUT2D eigenvalue weighted by molar-refractivity contribution is 5.90. The number of pyridine rings is 1. The predicted molar refractivity (Wildman–Crippen MR) is 167 cm³/mol. The van der Waals surface area contributed by atoms with Crippen LogP contribution in [-0.4, -0.2) is 34.9 Å². The fourth-order valence-corrected chi connectivity index (χ4v) is 3.56. The fraction of sp³-hybridized carbons (Fsp3) is 0.469. The molecule has 7 nitrogen and oxygen atoms in total. The Morgan fingerprint density at radius 3 is 2.10 bits per heavy atom. The molecule has 2 amide bonds. The van der Waals surface area contributed by atoms with Crippen LogP contribution in [0.2, 0.25) is 0 Å². The number of nitrogens with zero attached hydrogens (tertiary/aromatic N) is 2. The summed E-state index contributed by atoms with van der Waals surface area (Å²) < 4.78 is 25.5. The molecule has 1 heterocycles. The zero-order valence-corrected chi connectivity index (χ0v) is 26.2. The van der Waals surface area contributed by atoms with Crippen molar-refractivity contribution in [2.24, 2.45) is 5.73 Å². The first-order valence-electron chi connectivity index (χ1n) is 14.1. The molecule has 0 spiro atoms. The molecule has 2 rings (SSSR count). The maximum atomic E-state index is 13.2. The summed E-state index contributed by atoms with van der Waals surface area (Å²) in [4.78, 5) is 40.1. The van der Waals surface area contributed by atoms with Crippen LogP contribution in [0.4, 0.5) is 14.5 Å². The van der Waals surface area contributed by atoms with Crippen molar-refractivity contribution in [3.63, 3.8) is 0 Å². The van der Waals surface area contributed by atoms with Crippen LogP contribution in [0.3, 0.4) is 0 Å². The summed E-state index contributed by atoms with van der Waals surface area (Å²) >= 11 is 0. The predicted octanol–water partition coefficient (Wildman–Crippen LogP) is 6.76. The van der Waals surface area contributed by atoms with Gasteiger partial charge in [-0.1, -0.05) is 58.1 Å². The second-order valence-electron chi connectivity index (χ2n) is 8.62. The van der Waals surface area contributed by atoms with Gasteiger partial charge in [-0.25, -0.2) is 8.78 Å². The zero-order chi connectivity index (χ0) is 32.0. The van der Waals surface area contributed by atoms with Crippen LogP contribution >= 0.6 is 0 Å². The van der Waals surface area contributed by atoms with Crippen molar-refractivity contribution in [1.82, 2.24) is 9.47 Å². The van der Waals surface area contributed by atoms with E-state index in [1.165, 1.54) is 30.7 Å². The number of hydrogen-bond acceptors (Lipinski definition) is 4. The van der Waals surface area contributed by atoms with Gasteiger partial charge in [0.1, 0.15) is 18.0 Å². The largest absolute Gasteiger partial charge is 0.337 e. The van der Waals surface area contributed by atoms with Crippen LogP contribution < -0.4 is 16.6 Å². The second-order valence-corrected chi connectivity index (χ2v) is 8.62. The van der Waals surface area contributed by atoms with E-state index in [9.17, 15) is 23.2 Å². The Labute approximate surface area is 245 Å². The van der Waals surface area contributed by atoms with Crippen molar-refractivity contribution >= 4 is 17.5 Å². The van der Waals surface area contributed by atoms with E-state index in [4.69, 9.17) is 0 Å².